The number of carbonyl (C=O) groups excluding carboxylic acids is 2. The van der Waals surface area contributed by atoms with Gasteiger partial charge >= 0.3 is 0 Å². The lowest BCUT2D eigenvalue weighted by Gasteiger charge is -2.23. The molecule has 34 heavy (non-hydrogen) atoms. The van der Waals surface area contributed by atoms with E-state index in [1.807, 2.05) is 30.0 Å². The van der Waals surface area contributed by atoms with Crippen LogP contribution >= 0.6 is 0 Å². The van der Waals surface area contributed by atoms with Crippen molar-refractivity contribution in [2.24, 2.45) is 10.7 Å². The molecular weight excluding hydrogens is 432 g/mol. The van der Waals surface area contributed by atoms with Gasteiger partial charge in [0.1, 0.15) is 11.3 Å². The highest BCUT2D eigenvalue weighted by atomic mass is 16.3. The second-order valence-corrected chi connectivity index (χ2v) is 8.03. The number of guanidine groups is 1. The number of amides is 2. The Kier molecular flexibility index (Phi) is 10.5. The number of nitrogens with zero attached hydrogens (tertiary/aromatic N) is 4. The summed E-state index contributed by atoms with van der Waals surface area (Å²) in [5.74, 6) is 1.20. The molecule has 2 aliphatic rings. The van der Waals surface area contributed by atoms with E-state index in [0.717, 1.165) is 68.5 Å². The topological polar surface area (TPSA) is 128 Å². The van der Waals surface area contributed by atoms with Gasteiger partial charge < -0.3 is 20.0 Å². The minimum absolute atomic E-state index is 0.0603. The van der Waals surface area contributed by atoms with E-state index in [2.05, 4.69) is 23.2 Å². The maximum Gasteiger partial charge on any atom is 0.242 e. The quantitative estimate of drug-likeness (QED) is 0.236. The maximum absolute atomic E-state index is 11.9. The number of nitrogens with two attached hydrogens (primary N) is 1. The van der Waals surface area contributed by atoms with E-state index in [4.69, 9.17) is 15.4 Å². The second kappa shape index (κ2) is 13.5. The number of furan rings is 1. The van der Waals surface area contributed by atoms with E-state index in [1.54, 1.807) is 17.2 Å². The predicted octanol–water partition coefficient (Wildman–Crippen LogP) is 3.02. The Labute approximate surface area is 200 Å². The summed E-state index contributed by atoms with van der Waals surface area (Å²) in [6, 6.07) is 7.42. The molecule has 180 valence electrons. The molecule has 0 saturated carbocycles. The normalized spacial score (nSPS) is 15.9. The molecule has 2 amide bonds. The molecule has 2 aliphatic heterocycles. The van der Waals surface area contributed by atoms with Crippen LogP contribution in [0.15, 0.2) is 33.7 Å². The van der Waals surface area contributed by atoms with Crippen LogP contribution in [-0.4, -0.2) is 53.8 Å². The van der Waals surface area contributed by atoms with Crippen molar-refractivity contribution >= 4 is 34.4 Å². The molecule has 0 bridgehead atoms. The molecular formula is C25H32N6O3. The molecule has 1 aromatic carbocycles. The van der Waals surface area contributed by atoms with Gasteiger partial charge in [-0.1, -0.05) is 6.42 Å². The fourth-order valence-corrected chi connectivity index (χ4v) is 3.88. The third-order valence-electron chi connectivity index (χ3n) is 5.52. The van der Waals surface area contributed by atoms with Gasteiger partial charge in [0, 0.05) is 37.5 Å². The highest BCUT2D eigenvalue weighted by Gasteiger charge is 2.23. The zero-order valence-electron chi connectivity index (χ0n) is 19.6. The molecule has 9 nitrogen and oxygen atoms in total. The zero-order valence-corrected chi connectivity index (χ0v) is 19.6. The standard InChI is InChI=1S/C12H20N2O2.C11H10N4O.C2H2/c15-11-6-2-1-3-9-14(11)10-12(16)13-7-4-5-8-13;1-7-4-8-2-3-9(5-10(8)16-7)15-11(13)14-6-12;1-2/h1-10H2;2-5H,1H3,(H3,13,14,15);1-2H. The van der Waals surface area contributed by atoms with E-state index < -0.39 is 0 Å². The predicted molar refractivity (Wildman–Crippen MR) is 132 cm³/mol. The van der Waals surface area contributed by atoms with Gasteiger partial charge in [-0.3, -0.25) is 14.9 Å². The molecule has 4 rings (SSSR count). The number of rotatable bonds is 3. The van der Waals surface area contributed by atoms with Gasteiger partial charge in [-0.05, 0) is 50.8 Å². The third-order valence-corrected chi connectivity index (χ3v) is 5.52. The monoisotopic (exact) mass is 464 g/mol. The Morgan fingerprint density at radius 3 is 2.59 bits per heavy atom. The number of nitriles is 1. The average Bonchev–Trinajstić information content (AvgIpc) is 3.44. The van der Waals surface area contributed by atoms with E-state index in [9.17, 15) is 9.59 Å². The largest absolute Gasteiger partial charge is 0.461 e. The van der Waals surface area contributed by atoms with Crippen molar-refractivity contribution < 1.29 is 14.0 Å². The van der Waals surface area contributed by atoms with Crippen LogP contribution < -0.4 is 11.1 Å². The highest BCUT2D eigenvalue weighted by molar-refractivity contribution is 5.86. The first-order valence-corrected chi connectivity index (χ1v) is 11.3. The van der Waals surface area contributed by atoms with Crippen molar-refractivity contribution in [1.29, 1.82) is 5.26 Å². The van der Waals surface area contributed by atoms with Gasteiger partial charge in [0.15, 0.2) is 6.19 Å². The molecule has 9 heteroatoms. The Morgan fingerprint density at radius 1 is 1.18 bits per heavy atom. The van der Waals surface area contributed by atoms with Gasteiger partial charge in [0.05, 0.1) is 12.2 Å². The lowest BCUT2D eigenvalue weighted by molar-refractivity contribution is -0.139. The van der Waals surface area contributed by atoms with Crippen LogP contribution in [-0.2, 0) is 9.59 Å². The Bertz CT molecular complexity index is 1060. The maximum atomic E-state index is 11.9. The number of hydrogen-bond donors (Lipinski definition) is 2. The van der Waals surface area contributed by atoms with Gasteiger partial charge in [-0.25, -0.2) is 4.99 Å². The smallest absolute Gasteiger partial charge is 0.242 e. The first kappa shape index (κ1) is 26.3. The van der Waals surface area contributed by atoms with Crippen LogP contribution in [0.25, 0.3) is 11.0 Å². The van der Waals surface area contributed by atoms with E-state index in [1.165, 1.54) is 0 Å². The molecule has 0 unspecified atom stereocenters. The summed E-state index contributed by atoms with van der Waals surface area (Å²) in [5, 5.41) is 11.6. The number of likely N-dealkylation sites (tertiary alicyclic amines) is 2. The fourth-order valence-electron chi connectivity index (χ4n) is 3.88. The molecule has 1 aromatic heterocycles. The lowest BCUT2D eigenvalue weighted by Crippen LogP contribution is -2.41. The van der Waals surface area contributed by atoms with Crippen molar-refractivity contribution in [2.75, 3.05) is 26.2 Å². The third kappa shape index (κ3) is 7.86. The number of fused-ring (bicyclic) bond motifs is 1. The van der Waals surface area contributed by atoms with Crippen LogP contribution in [0.3, 0.4) is 0 Å². The number of aliphatic imine (C=N–C) groups is 1. The average molecular weight is 465 g/mol. The van der Waals surface area contributed by atoms with Crippen LogP contribution in [0.1, 0.15) is 44.3 Å². The van der Waals surface area contributed by atoms with E-state index >= 15 is 0 Å². The number of aryl methyl sites for hydroxylation is 1. The summed E-state index contributed by atoms with van der Waals surface area (Å²) in [7, 11) is 0. The van der Waals surface area contributed by atoms with Crippen molar-refractivity contribution in [1.82, 2.24) is 15.1 Å². The molecule has 0 aliphatic carbocycles. The van der Waals surface area contributed by atoms with Crippen LogP contribution in [0.2, 0.25) is 0 Å². The SMILES string of the molecule is C#C.Cc1cc2ccc(N=C(N)NC#N)cc2o1.O=C(CN1CCCCCC1=O)N1CCCC1. The summed E-state index contributed by atoms with van der Waals surface area (Å²) >= 11 is 0. The minimum atomic E-state index is 0.0603. The fraction of sp³-hybridized carbons (Fsp3) is 0.440. The Balaban J connectivity index is 0.000000224. The Hall–Kier alpha value is -3.98. The van der Waals surface area contributed by atoms with E-state index in [0.29, 0.717) is 18.7 Å². The summed E-state index contributed by atoms with van der Waals surface area (Å²) in [4.78, 5) is 31.3. The first-order chi connectivity index (χ1) is 16.5. The van der Waals surface area contributed by atoms with Crippen LogP contribution in [0.5, 0.6) is 0 Å². The molecule has 2 fully saturated rings. The molecule has 3 N–H and O–H groups in total. The number of benzene rings is 1. The number of terminal acetylenes is 1. The molecule has 2 aromatic rings. The summed E-state index contributed by atoms with van der Waals surface area (Å²) in [6.07, 6.45) is 15.7. The molecule has 0 radical (unpaired) electrons. The summed E-state index contributed by atoms with van der Waals surface area (Å²) in [5.41, 5.74) is 6.85. The summed E-state index contributed by atoms with van der Waals surface area (Å²) < 4.78 is 5.45. The number of hydrogen-bond acceptors (Lipinski definition) is 5. The lowest BCUT2D eigenvalue weighted by atomic mass is 10.2. The minimum Gasteiger partial charge on any atom is -0.461 e. The molecule has 0 spiro atoms. The highest BCUT2D eigenvalue weighted by Crippen LogP contribution is 2.24. The molecule has 2 saturated heterocycles. The van der Waals surface area contributed by atoms with Crippen molar-refractivity contribution in [3.63, 3.8) is 0 Å². The van der Waals surface area contributed by atoms with Crippen molar-refractivity contribution in [3.05, 3.63) is 30.0 Å². The Morgan fingerprint density at radius 2 is 1.88 bits per heavy atom. The zero-order chi connectivity index (χ0) is 24.9. The van der Waals surface area contributed by atoms with Crippen molar-refractivity contribution in [2.45, 2.75) is 45.4 Å². The number of nitrogens with one attached hydrogen (secondary N) is 1. The van der Waals surface area contributed by atoms with Gasteiger partial charge in [0.25, 0.3) is 0 Å². The second-order valence-electron chi connectivity index (χ2n) is 8.03. The molecule has 3 heterocycles. The van der Waals surface area contributed by atoms with Gasteiger partial charge in [-0.15, -0.1) is 12.8 Å². The summed E-state index contributed by atoms with van der Waals surface area (Å²) in [6.45, 7) is 4.70. The first-order valence-electron chi connectivity index (χ1n) is 11.3. The van der Waals surface area contributed by atoms with Crippen LogP contribution in [0.4, 0.5) is 5.69 Å². The van der Waals surface area contributed by atoms with Crippen LogP contribution in [0, 0.1) is 31.2 Å². The van der Waals surface area contributed by atoms with Gasteiger partial charge in [-0.2, -0.15) is 5.26 Å². The van der Waals surface area contributed by atoms with E-state index in [-0.39, 0.29) is 17.8 Å². The molecule has 0 atom stereocenters. The van der Waals surface area contributed by atoms with Crippen molar-refractivity contribution in [3.8, 4) is 19.0 Å². The van der Waals surface area contributed by atoms with Gasteiger partial charge in [0.2, 0.25) is 17.8 Å². The number of carbonyl (C=O) groups is 2.